The number of benzene rings is 1. The highest BCUT2D eigenvalue weighted by Crippen LogP contribution is 2.29. The quantitative estimate of drug-likeness (QED) is 0.831. The highest BCUT2D eigenvalue weighted by Gasteiger charge is 2.02. The third-order valence-electron chi connectivity index (χ3n) is 1.51. The third kappa shape index (κ3) is 2.93. The molecule has 0 aliphatic rings. The van der Waals surface area contributed by atoms with Crippen LogP contribution in [0, 0.1) is 11.3 Å². The molecule has 1 aromatic rings. The summed E-state index contributed by atoms with van der Waals surface area (Å²) in [6, 6.07) is 7.30. The Kier molecular flexibility index (Phi) is 4.27. The minimum absolute atomic E-state index is 0.0482. The second kappa shape index (κ2) is 5.51. The molecule has 0 heterocycles. The molecule has 1 rings (SSSR count). The largest absolute Gasteiger partial charge is 0.494 e. The Labute approximate surface area is 91.4 Å². The second-order valence-electron chi connectivity index (χ2n) is 2.47. The van der Waals surface area contributed by atoms with E-state index in [1.807, 2.05) is 19.1 Å². The summed E-state index contributed by atoms with van der Waals surface area (Å²) in [6.45, 7) is 2.60. The maximum absolute atomic E-state index is 8.34. The molecule has 0 aromatic heterocycles. The van der Waals surface area contributed by atoms with Crippen LogP contribution in [0.1, 0.15) is 6.92 Å². The van der Waals surface area contributed by atoms with Crippen LogP contribution >= 0.6 is 15.9 Å². The lowest BCUT2D eigenvalue weighted by molar-refractivity contribution is 0.336. The fraction of sp³-hybridized carbons (Fsp3) is 0.300. The van der Waals surface area contributed by atoms with Crippen LogP contribution in [-0.2, 0) is 0 Å². The molecule has 0 fully saturated rings. The first-order valence-corrected chi connectivity index (χ1v) is 4.99. The van der Waals surface area contributed by atoms with E-state index in [2.05, 4.69) is 15.9 Å². The average Bonchev–Trinajstić information content (AvgIpc) is 2.17. The van der Waals surface area contributed by atoms with Crippen molar-refractivity contribution in [3.63, 3.8) is 0 Å². The van der Waals surface area contributed by atoms with Gasteiger partial charge in [0, 0.05) is 0 Å². The van der Waals surface area contributed by atoms with Crippen LogP contribution in [0.5, 0.6) is 11.5 Å². The molecule has 0 saturated carbocycles. The molecular formula is C10H10BrNO2. The molecule has 0 N–H and O–H groups in total. The van der Waals surface area contributed by atoms with E-state index in [1.54, 1.807) is 12.1 Å². The van der Waals surface area contributed by atoms with Crippen molar-refractivity contribution in [1.82, 2.24) is 0 Å². The van der Waals surface area contributed by atoms with Crippen molar-refractivity contribution in [1.29, 1.82) is 5.26 Å². The lowest BCUT2D eigenvalue weighted by Gasteiger charge is -2.07. The summed E-state index contributed by atoms with van der Waals surface area (Å²) in [7, 11) is 0. The molecule has 0 unspecified atom stereocenters. The van der Waals surface area contributed by atoms with Crippen LogP contribution in [0.2, 0.25) is 0 Å². The molecule has 0 saturated heterocycles. The van der Waals surface area contributed by atoms with E-state index in [-0.39, 0.29) is 6.61 Å². The number of ether oxygens (including phenoxy) is 2. The van der Waals surface area contributed by atoms with Crippen molar-refractivity contribution < 1.29 is 9.47 Å². The summed E-state index contributed by atoms with van der Waals surface area (Å²) in [4.78, 5) is 0. The molecule has 0 amide bonds. The number of hydrogen-bond acceptors (Lipinski definition) is 3. The van der Waals surface area contributed by atoms with Gasteiger partial charge in [0.1, 0.15) is 17.6 Å². The Morgan fingerprint density at radius 3 is 2.79 bits per heavy atom. The van der Waals surface area contributed by atoms with E-state index in [0.717, 1.165) is 10.2 Å². The molecule has 1 aromatic carbocycles. The maximum atomic E-state index is 8.34. The van der Waals surface area contributed by atoms with Gasteiger partial charge < -0.3 is 9.47 Å². The topological polar surface area (TPSA) is 42.2 Å². The van der Waals surface area contributed by atoms with Crippen LogP contribution in [0.15, 0.2) is 22.7 Å². The average molecular weight is 256 g/mol. The smallest absolute Gasteiger partial charge is 0.174 e. The van der Waals surface area contributed by atoms with Crippen molar-refractivity contribution >= 4 is 15.9 Å². The first-order valence-electron chi connectivity index (χ1n) is 4.20. The summed E-state index contributed by atoms with van der Waals surface area (Å²) in [5.41, 5.74) is 0. The van der Waals surface area contributed by atoms with E-state index in [9.17, 15) is 0 Å². The molecule has 0 atom stereocenters. The van der Waals surface area contributed by atoms with Gasteiger partial charge in [-0.3, -0.25) is 0 Å². The lowest BCUT2D eigenvalue weighted by Crippen LogP contribution is -1.95. The Hall–Kier alpha value is -1.21. The minimum atomic E-state index is 0.0482. The first kappa shape index (κ1) is 10.9. The highest BCUT2D eigenvalue weighted by atomic mass is 79.9. The van der Waals surface area contributed by atoms with E-state index >= 15 is 0 Å². The summed E-state index contributed by atoms with van der Waals surface area (Å²) < 4.78 is 11.2. The van der Waals surface area contributed by atoms with Gasteiger partial charge in [0.25, 0.3) is 0 Å². The fourth-order valence-electron chi connectivity index (χ4n) is 0.965. The van der Waals surface area contributed by atoms with Gasteiger partial charge in [-0.05, 0) is 41.1 Å². The summed E-state index contributed by atoms with van der Waals surface area (Å²) >= 11 is 3.33. The Balaban J connectivity index is 2.75. The number of rotatable bonds is 4. The van der Waals surface area contributed by atoms with Crippen LogP contribution < -0.4 is 9.47 Å². The van der Waals surface area contributed by atoms with E-state index in [4.69, 9.17) is 14.7 Å². The Bertz CT molecular complexity index is 346. The summed E-state index contributed by atoms with van der Waals surface area (Å²) in [5.74, 6) is 1.43. The molecule has 74 valence electrons. The summed E-state index contributed by atoms with van der Waals surface area (Å²) in [6.07, 6.45) is 0. The van der Waals surface area contributed by atoms with Gasteiger partial charge in [0.2, 0.25) is 0 Å². The molecule has 14 heavy (non-hydrogen) atoms. The molecule has 3 nitrogen and oxygen atoms in total. The van der Waals surface area contributed by atoms with Gasteiger partial charge in [-0.25, -0.2) is 0 Å². The molecule has 0 spiro atoms. The van der Waals surface area contributed by atoms with Gasteiger partial charge in [-0.15, -0.1) is 0 Å². The molecular weight excluding hydrogens is 246 g/mol. The fourth-order valence-corrected chi connectivity index (χ4v) is 1.44. The Morgan fingerprint density at radius 2 is 2.21 bits per heavy atom. The molecule has 0 aliphatic heterocycles. The van der Waals surface area contributed by atoms with Crippen molar-refractivity contribution in [2.24, 2.45) is 0 Å². The van der Waals surface area contributed by atoms with E-state index < -0.39 is 0 Å². The van der Waals surface area contributed by atoms with Gasteiger partial charge in [-0.1, -0.05) is 0 Å². The first-order chi connectivity index (χ1) is 6.77. The molecule has 0 aliphatic carbocycles. The number of hydrogen-bond donors (Lipinski definition) is 0. The number of nitriles is 1. The monoisotopic (exact) mass is 255 g/mol. The zero-order valence-electron chi connectivity index (χ0n) is 7.79. The number of nitrogens with zero attached hydrogens (tertiary/aromatic N) is 1. The zero-order valence-corrected chi connectivity index (χ0v) is 9.37. The maximum Gasteiger partial charge on any atom is 0.174 e. The SMILES string of the molecule is CCOc1ccc(OCC#N)c(Br)c1. The predicted molar refractivity (Wildman–Crippen MR) is 56.4 cm³/mol. The van der Waals surface area contributed by atoms with Gasteiger partial charge in [-0.2, -0.15) is 5.26 Å². The van der Waals surface area contributed by atoms with Gasteiger partial charge in [0.15, 0.2) is 6.61 Å². The molecule has 4 heteroatoms. The Morgan fingerprint density at radius 1 is 1.43 bits per heavy atom. The lowest BCUT2D eigenvalue weighted by atomic mass is 10.3. The molecule has 0 radical (unpaired) electrons. The predicted octanol–water partition coefficient (Wildman–Crippen LogP) is 2.75. The summed E-state index contributed by atoms with van der Waals surface area (Å²) in [5, 5.41) is 8.34. The van der Waals surface area contributed by atoms with Gasteiger partial charge in [0.05, 0.1) is 11.1 Å². The van der Waals surface area contributed by atoms with Crippen molar-refractivity contribution in [2.75, 3.05) is 13.2 Å². The highest BCUT2D eigenvalue weighted by molar-refractivity contribution is 9.10. The van der Waals surface area contributed by atoms with Crippen LogP contribution in [0.3, 0.4) is 0 Å². The van der Waals surface area contributed by atoms with Crippen molar-refractivity contribution in [3.05, 3.63) is 22.7 Å². The van der Waals surface area contributed by atoms with Crippen LogP contribution in [-0.4, -0.2) is 13.2 Å². The normalized spacial score (nSPS) is 9.21. The molecule has 0 bridgehead atoms. The standard InChI is InChI=1S/C10H10BrNO2/c1-2-13-8-3-4-10(9(11)7-8)14-6-5-12/h3-4,7H,2,6H2,1H3. The zero-order chi connectivity index (χ0) is 10.4. The van der Waals surface area contributed by atoms with Gasteiger partial charge >= 0.3 is 0 Å². The van der Waals surface area contributed by atoms with Crippen LogP contribution in [0.25, 0.3) is 0 Å². The minimum Gasteiger partial charge on any atom is -0.494 e. The third-order valence-corrected chi connectivity index (χ3v) is 2.13. The van der Waals surface area contributed by atoms with Crippen molar-refractivity contribution in [3.8, 4) is 17.6 Å². The second-order valence-corrected chi connectivity index (χ2v) is 3.33. The number of halogens is 1. The van der Waals surface area contributed by atoms with E-state index in [0.29, 0.717) is 12.4 Å². The van der Waals surface area contributed by atoms with Crippen LogP contribution in [0.4, 0.5) is 0 Å². The van der Waals surface area contributed by atoms with Crippen molar-refractivity contribution in [2.45, 2.75) is 6.92 Å². The van der Waals surface area contributed by atoms with E-state index in [1.165, 1.54) is 0 Å².